The van der Waals surface area contributed by atoms with Crippen molar-refractivity contribution < 1.29 is 9.53 Å². The molecule has 2 aliphatic heterocycles. The number of hydrogen-bond acceptors (Lipinski definition) is 4. The highest BCUT2D eigenvalue weighted by molar-refractivity contribution is 7.11. The number of fused-ring (bicyclic) bond motifs is 2. The van der Waals surface area contributed by atoms with Crippen LogP contribution in [0, 0.1) is 6.92 Å². The molecule has 0 saturated carbocycles. The van der Waals surface area contributed by atoms with Crippen molar-refractivity contribution >= 4 is 17.2 Å². The van der Waals surface area contributed by atoms with Crippen molar-refractivity contribution in [3.63, 3.8) is 0 Å². The fraction of sp³-hybridized carbons (Fsp3) is 0.600. The standard InChI is InChI=1S/C10H12N2O2S/c1-6-9(15-5-11-6)10(13)12-3-8-2-7(12)4-14-8/h5,7-8H,2-4H2,1H3/t7-,8+/m0/s1. The monoisotopic (exact) mass is 224 g/mol. The number of carbonyl (C=O) groups excluding carboxylic acids is 1. The largest absolute Gasteiger partial charge is 0.374 e. The van der Waals surface area contributed by atoms with E-state index < -0.39 is 0 Å². The summed E-state index contributed by atoms with van der Waals surface area (Å²) in [5.74, 6) is 0.130. The minimum atomic E-state index is 0.130. The van der Waals surface area contributed by atoms with Crippen molar-refractivity contribution in [1.29, 1.82) is 0 Å². The van der Waals surface area contributed by atoms with E-state index in [-0.39, 0.29) is 12.0 Å². The Morgan fingerprint density at radius 2 is 2.60 bits per heavy atom. The van der Waals surface area contributed by atoms with Gasteiger partial charge in [-0.15, -0.1) is 11.3 Å². The second kappa shape index (κ2) is 3.28. The van der Waals surface area contributed by atoms with Gasteiger partial charge in [-0.2, -0.15) is 0 Å². The van der Waals surface area contributed by atoms with Crippen LogP contribution in [0.25, 0.3) is 0 Å². The van der Waals surface area contributed by atoms with E-state index in [0.717, 1.165) is 23.5 Å². The summed E-state index contributed by atoms with van der Waals surface area (Å²) in [6.45, 7) is 3.34. The first-order chi connectivity index (χ1) is 7.25. The highest BCUT2D eigenvalue weighted by Crippen LogP contribution is 2.30. The maximum atomic E-state index is 12.2. The van der Waals surface area contributed by atoms with E-state index in [4.69, 9.17) is 4.74 Å². The molecule has 0 unspecified atom stereocenters. The zero-order valence-electron chi connectivity index (χ0n) is 8.47. The van der Waals surface area contributed by atoms with E-state index in [1.54, 1.807) is 5.51 Å². The van der Waals surface area contributed by atoms with Gasteiger partial charge in [-0.1, -0.05) is 0 Å². The average Bonchev–Trinajstić information content (AvgIpc) is 2.91. The Hall–Kier alpha value is -0.940. The first kappa shape index (κ1) is 9.30. The quantitative estimate of drug-likeness (QED) is 0.716. The van der Waals surface area contributed by atoms with Crippen LogP contribution in [0.15, 0.2) is 5.51 Å². The van der Waals surface area contributed by atoms with Crippen LogP contribution in [0.1, 0.15) is 21.8 Å². The normalized spacial score (nSPS) is 28.7. The Kier molecular flexibility index (Phi) is 2.03. The molecule has 1 amide bonds. The van der Waals surface area contributed by atoms with Gasteiger partial charge in [0.05, 0.1) is 30.0 Å². The van der Waals surface area contributed by atoms with Crippen LogP contribution >= 0.6 is 11.3 Å². The third-order valence-corrected chi connectivity index (χ3v) is 4.02. The van der Waals surface area contributed by atoms with Gasteiger partial charge in [0.15, 0.2) is 0 Å². The average molecular weight is 224 g/mol. The van der Waals surface area contributed by atoms with E-state index in [2.05, 4.69) is 4.98 Å². The molecule has 0 N–H and O–H groups in total. The van der Waals surface area contributed by atoms with Gasteiger partial charge in [0.25, 0.3) is 5.91 Å². The SMILES string of the molecule is Cc1ncsc1C(=O)N1C[C@H]2C[C@H]1CO2. The molecule has 2 bridgehead atoms. The molecule has 1 aromatic rings. The number of morpholine rings is 1. The molecule has 2 saturated heterocycles. The molecule has 15 heavy (non-hydrogen) atoms. The van der Waals surface area contributed by atoms with Crippen molar-refractivity contribution in [2.45, 2.75) is 25.5 Å². The van der Waals surface area contributed by atoms with Gasteiger partial charge < -0.3 is 9.64 Å². The number of nitrogens with zero attached hydrogens (tertiary/aromatic N) is 2. The van der Waals surface area contributed by atoms with E-state index in [0.29, 0.717) is 12.6 Å². The molecule has 5 heteroatoms. The lowest BCUT2D eigenvalue weighted by Crippen LogP contribution is -2.41. The third kappa shape index (κ3) is 1.38. The van der Waals surface area contributed by atoms with Crippen LogP contribution in [-0.4, -0.2) is 41.1 Å². The predicted molar refractivity (Wildman–Crippen MR) is 56.0 cm³/mol. The predicted octanol–water partition coefficient (Wildman–Crippen LogP) is 1.06. The highest BCUT2D eigenvalue weighted by Gasteiger charge is 2.42. The second-order valence-corrected chi connectivity index (χ2v) is 4.92. The molecule has 2 aliphatic rings. The Morgan fingerprint density at radius 1 is 1.73 bits per heavy atom. The van der Waals surface area contributed by atoms with E-state index in [1.807, 2.05) is 11.8 Å². The van der Waals surface area contributed by atoms with Crippen molar-refractivity contribution in [2.75, 3.05) is 13.2 Å². The number of aromatic nitrogens is 1. The molecule has 3 rings (SSSR count). The molecule has 0 radical (unpaired) electrons. The molecule has 4 nitrogen and oxygen atoms in total. The van der Waals surface area contributed by atoms with Gasteiger partial charge in [-0.25, -0.2) is 4.98 Å². The number of likely N-dealkylation sites (tertiary alicyclic amines) is 1. The molecular weight excluding hydrogens is 212 g/mol. The molecule has 2 atom stereocenters. The second-order valence-electron chi connectivity index (χ2n) is 4.07. The van der Waals surface area contributed by atoms with Gasteiger partial charge in [0.2, 0.25) is 0 Å². The number of hydrogen-bond donors (Lipinski definition) is 0. The van der Waals surface area contributed by atoms with Crippen LogP contribution in [0.2, 0.25) is 0 Å². The molecule has 80 valence electrons. The van der Waals surface area contributed by atoms with Crippen molar-refractivity contribution in [1.82, 2.24) is 9.88 Å². The molecule has 0 aliphatic carbocycles. The maximum absolute atomic E-state index is 12.2. The Morgan fingerprint density at radius 3 is 3.13 bits per heavy atom. The van der Waals surface area contributed by atoms with Gasteiger partial charge in [-0.05, 0) is 13.3 Å². The number of thiazole rings is 1. The first-order valence-electron chi connectivity index (χ1n) is 5.08. The lowest BCUT2D eigenvalue weighted by Gasteiger charge is -2.26. The zero-order valence-corrected chi connectivity index (χ0v) is 9.29. The fourth-order valence-corrected chi connectivity index (χ4v) is 3.04. The molecular formula is C10H12N2O2S. The summed E-state index contributed by atoms with van der Waals surface area (Å²) in [5.41, 5.74) is 2.57. The van der Waals surface area contributed by atoms with Crippen LogP contribution in [0.3, 0.4) is 0 Å². The van der Waals surface area contributed by atoms with Crippen LogP contribution < -0.4 is 0 Å². The molecule has 2 fully saturated rings. The van der Waals surface area contributed by atoms with Gasteiger partial charge in [0, 0.05) is 6.54 Å². The molecule has 0 spiro atoms. The summed E-state index contributed by atoms with van der Waals surface area (Å²) in [6.07, 6.45) is 1.27. The fourth-order valence-electron chi connectivity index (χ4n) is 2.29. The number of amides is 1. The van der Waals surface area contributed by atoms with E-state index in [1.165, 1.54) is 11.3 Å². The number of rotatable bonds is 1. The minimum absolute atomic E-state index is 0.130. The summed E-state index contributed by atoms with van der Waals surface area (Å²) in [6, 6.07) is 0.295. The lowest BCUT2D eigenvalue weighted by molar-refractivity contribution is 0.0261. The Labute approximate surface area is 91.9 Å². The summed E-state index contributed by atoms with van der Waals surface area (Å²) in [4.78, 5) is 19.0. The minimum Gasteiger partial charge on any atom is -0.374 e. The first-order valence-corrected chi connectivity index (χ1v) is 5.96. The Balaban J connectivity index is 1.84. The maximum Gasteiger partial charge on any atom is 0.266 e. The molecule has 0 aromatic carbocycles. The van der Waals surface area contributed by atoms with E-state index in [9.17, 15) is 4.79 Å². The summed E-state index contributed by atoms with van der Waals surface area (Å²) in [7, 11) is 0. The summed E-state index contributed by atoms with van der Waals surface area (Å²) >= 11 is 1.43. The van der Waals surface area contributed by atoms with Gasteiger partial charge >= 0.3 is 0 Å². The molecule has 3 heterocycles. The van der Waals surface area contributed by atoms with Gasteiger partial charge in [-0.3, -0.25) is 4.79 Å². The zero-order chi connectivity index (χ0) is 10.4. The van der Waals surface area contributed by atoms with Gasteiger partial charge in [0.1, 0.15) is 4.88 Å². The summed E-state index contributed by atoms with van der Waals surface area (Å²) in [5, 5.41) is 0. The van der Waals surface area contributed by atoms with Crippen LogP contribution in [0.4, 0.5) is 0 Å². The van der Waals surface area contributed by atoms with Crippen LogP contribution in [-0.2, 0) is 4.74 Å². The van der Waals surface area contributed by atoms with Crippen LogP contribution in [0.5, 0.6) is 0 Å². The number of aryl methyl sites for hydroxylation is 1. The highest BCUT2D eigenvalue weighted by atomic mass is 32.1. The lowest BCUT2D eigenvalue weighted by atomic mass is 10.2. The number of ether oxygens (including phenoxy) is 1. The smallest absolute Gasteiger partial charge is 0.266 e. The van der Waals surface area contributed by atoms with Crippen molar-refractivity contribution in [2.24, 2.45) is 0 Å². The van der Waals surface area contributed by atoms with Crippen molar-refractivity contribution in [3.05, 3.63) is 16.1 Å². The summed E-state index contributed by atoms with van der Waals surface area (Å²) < 4.78 is 5.47. The topological polar surface area (TPSA) is 42.4 Å². The Bertz CT molecular complexity index is 404. The third-order valence-electron chi connectivity index (χ3n) is 3.10. The number of carbonyl (C=O) groups is 1. The molecule has 1 aromatic heterocycles. The van der Waals surface area contributed by atoms with E-state index >= 15 is 0 Å². The van der Waals surface area contributed by atoms with Crippen molar-refractivity contribution in [3.8, 4) is 0 Å².